The first-order chi connectivity index (χ1) is 15.2. The second-order valence-corrected chi connectivity index (χ2v) is 11.6. The van der Waals surface area contributed by atoms with Crippen molar-refractivity contribution in [3.63, 3.8) is 0 Å². The van der Waals surface area contributed by atoms with Gasteiger partial charge in [-0.15, -0.1) is 0 Å². The molecule has 3 aliphatic rings. The molecule has 0 aromatic rings. The first-order valence-electron chi connectivity index (χ1n) is 12.5. The summed E-state index contributed by atoms with van der Waals surface area (Å²) in [6.07, 6.45) is 8.08. The molecule has 0 aromatic carbocycles. The van der Waals surface area contributed by atoms with Gasteiger partial charge in [0.1, 0.15) is 6.10 Å². The van der Waals surface area contributed by atoms with E-state index in [0.717, 1.165) is 76.0 Å². The van der Waals surface area contributed by atoms with Gasteiger partial charge in [0.2, 0.25) is 5.91 Å². The lowest BCUT2D eigenvalue weighted by Gasteiger charge is -2.35. The molecule has 7 nitrogen and oxygen atoms in total. The summed E-state index contributed by atoms with van der Waals surface area (Å²) in [5.74, 6) is 0.647. The highest BCUT2D eigenvalue weighted by atomic mass is 32.2. The molecule has 0 bridgehead atoms. The fraction of sp³-hybridized carbons (Fsp3) is 0.875. The van der Waals surface area contributed by atoms with E-state index in [0.29, 0.717) is 12.5 Å². The lowest BCUT2D eigenvalue weighted by atomic mass is 9.87. The summed E-state index contributed by atoms with van der Waals surface area (Å²) in [7, 11) is 0. The maximum Gasteiger partial charge on any atom is 0.251 e. The molecule has 32 heavy (non-hydrogen) atoms. The van der Waals surface area contributed by atoms with Gasteiger partial charge >= 0.3 is 0 Å². The molecule has 3 heterocycles. The van der Waals surface area contributed by atoms with Crippen molar-refractivity contribution < 1.29 is 14.3 Å². The molecule has 8 heteroatoms. The van der Waals surface area contributed by atoms with Crippen molar-refractivity contribution in [3.8, 4) is 0 Å². The number of amides is 2. The molecular formula is C24H42N4O3S. The van der Waals surface area contributed by atoms with Crippen LogP contribution in [0.25, 0.3) is 0 Å². The Morgan fingerprint density at radius 3 is 2.62 bits per heavy atom. The van der Waals surface area contributed by atoms with Crippen LogP contribution < -0.4 is 11.1 Å². The fourth-order valence-electron chi connectivity index (χ4n) is 4.96. The number of amidine groups is 1. The Labute approximate surface area is 197 Å². The normalized spacial score (nSPS) is 29.5. The average Bonchev–Trinajstić information content (AvgIpc) is 3.40. The predicted octanol–water partition coefficient (Wildman–Crippen LogP) is 3.46. The van der Waals surface area contributed by atoms with Crippen LogP contribution in [0.3, 0.4) is 0 Å². The number of hydrogen-bond acceptors (Lipinski definition) is 6. The first-order valence-corrected chi connectivity index (χ1v) is 13.3. The van der Waals surface area contributed by atoms with E-state index in [4.69, 9.17) is 15.5 Å². The van der Waals surface area contributed by atoms with E-state index in [1.807, 2.05) is 11.8 Å². The van der Waals surface area contributed by atoms with Gasteiger partial charge in [-0.25, -0.2) is 0 Å². The predicted molar refractivity (Wildman–Crippen MR) is 131 cm³/mol. The van der Waals surface area contributed by atoms with Crippen LogP contribution in [0.1, 0.15) is 85.5 Å². The molecule has 182 valence electrons. The van der Waals surface area contributed by atoms with Gasteiger partial charge in [0, 0.05) is 25.2 Å². The van der Waals surface area contributed by atoms with Gasteiger partial charge in [-0.2, -0.15) is 0 Å². The Hall–Kier alpha value is -1.12. The lowest BCUT2D eigenvalue weighted by Crippen LogP contribution is -2.45. The lowest BCUT2D eigenvalue weighted by molar-refractivity contribution is -0.142. The Bertz CT molecular complexity index is 697. The van der Waals surface area contributed by atoms with Gasteiger partial charge in [0.25, 0.3) is 5.91 Å². The number of hydrogen-bond donors (Lipinski definition) is 2. The van der Waals surface area contributed by atoms with Gasteiger partial charge in [0.05, 0.1) is 10.8 Å². The molecule has 3 unspecified atom stereocenters. The smallest absolute Gasteiger partial charge is 0.251 e. The maximum absolute atomic E-state index is 12.8. The fourth-order valence-corrected chi connectivity index (χ4v) is 6.22. The van der Waals surface area contributed by atoms with Gasteiger partial charge in [-0.1, -0.05) is 25.6 Å². The molecule has 3 saturated heterocycles. The van der Waals surface area contributed by atoms with Gasteiger partial charge in [0.15, 0.2) is 5.17 Å². The number of piperidine rings is 1. The molecule has 0 radical (unpaired) electrons. The summed E-state index contributed by atoms with van der Waals surface area (Å²) in [6.45, 7) is 10.6. The molecule has 3 fully saturated rings. The van der Waals surface area contributed by atoms with Crippen molar-refractivity contribution in [2.75, 3.05) is 19.7 Å². The number of carbonyl (C=O) groups is 2. The van der Waals surface area contributed by atoms with Crippen molar-refractivity contribution in [1.82, 2.24) is 10.2 Å². The van der Waals surface area contributed by atoms with E-state index >= 15 is 0 Å². The minimum Gasteiger partial charge on any atom is -0.368 e. The molecule has 3 N–H and O–H groups in total. The van der Waals surface area contributed by atoms with Gasteiger partial charge < -0.3 is 20.7 Å². The summed E-state index contributed by atoms with van der Waals surface area (Å²) >= 11 is 1.57. The summed E-state index contributed by atoms with van der Waals surface area (Å²) < 4.78 is 5.07. The monoisotopic (exact) mass is 466 g/mol. The molecule has 0 aliphatic carbocycles. The van der Waals surface area contributed by atoms with E-state index in [-0.39, 0.29) is 29.5 Å². The molecule has 3 atom stereocenters. The number of thioether (sulfide) groups is 1. The number of carbonyl (C=O) groups excluding carboxylic acids is 2. The van der Waals surface area contributed by atoms with Crippen LogP contribution in [0, 0.1) is 5.92 Å². The Morgan fingerprint density at radius 1 is 1.34 bits per heavy atom. The first kappa shape index (κ1) is 25.5. The third-order valence-corrected chi connectivity index (χ3v) is 8.84. The minimum absolute atomic E-state index is 0.0570. The number of rotatable bonds is 9. The van der Waals surface area contributed by atoms with Crippen LogP contribution in [-0.4, -0.2) is 64.0 Å². The van der Waals surface area contributed by atoms with Crippen molar-refractivity contribution in [1.29, 1.82) is 0 Å². The van der Waals surface area contributed by atoms with E-state index < -0.39 is 4.75 Å². The number of aliphatic imine (C=N–C) groups is 1. The van der Waals surface area contributed by atoms with Crippen LogP contribution in [0.15, 0.2) is 4.99 Å². The zero-order valence-corrected chi connectivity index (χ0v) is 21.1. The third kappa shape index (κ3) is 6.26. The number of likely N-dealkylation sites (tertiary alicyclic amines) is 1. The SMILES string of the molecule is CCC(N)(CC)CCC(C)N=C1NC(=O)C(C)(CC2CCN(C(=O)C3CCCO3)CC2)S1. The molecule has 2 amide bonds. The standard InChI is InChI=1S/C24H42N4O3S/c1-5-24(25,6-2)12-9-17(3)26-22-27-21(30)23(4,32-22)16-18-10-13-28(14-11-18)20(29)19-8-7-15-31-19/h17-19H,5-16,25H2,1-4H3,(H,26,27,30). The van der Waals surface area contributed by atoms with E-state index in [1.54, 1.807) is 11.8 Å². The average molecular weight is 467 g/mol. The number of nitrogens with zero attached hydrogens (tertiary/aromatic N) is 2. The van der Waals surface area contributed by atoms with Crippen molar-refractivity contribution in [3.05, 3.63) is 0 Å². The summed E-state index contributed by atoms with van der Waals surface area (Å²) in [5, 5.41) is 3.76. The maximum atomic E-state index is 12.8. The van der Waals surface area contributed by atoms with E-state index in [2.05, 4.69) is 26.1 Å². The summed E-state index contributed by atoms with van der Waals surface area (Å²) in [4.78, 5) is 32.1. The van der Waals surface area contributed by atoms with Crippen LogP contribution in [0.4, 0.5) is 0 Å². The highest BCUT2D eigenvalue weighted by molar-refractivity contribution is 8.16. The largest absolute Gasteiger partial charge is 0.368 e. The van der Waals surface area contributed by atoms with Crippen LogP contribution >= 0.6 is 11.8 Å². The summed E-state index contributed by atoms with van der Waals surface area (Å²) in [6, 6.07) is 0.133. The topological polar surface area (TPSA) is 97.0 Å². The minimum atomic E-state index is -0.492. The third-order valence-electron chi connectivity index (χ3n) is 7.64. The number of nitrogens with two attached hydrogens (primary N) is 1. The van der Waals surface area contributed by atoms with Crippen LogP contribution in [-0.2, 0) is 14.3 Å². The van der Waals surface area contributed by atoms with E-state index in [9.17, 15) is 9.59 Å². The number of ether oxygens (including phenoxy) is 1. The second kappa shape index (κ2) is 10.9. The molecular weight excluding hydrogens is 424 g/mol. The number of nitrogens with one attached hydrogen (secondary N) is 1. The van der Waals surface area contributed by atoms with Gasteiger partial charge in [-0.05, 0) is 77.6 Å². The van der Waals surface area contributed by atoms with Gasteiger partial charge in [-0.3, -0.25) is 14.6 Å². The molecule has 3 aliphatic heterocycles. The highest BCUT2D eigenvalue weighted by Crippen LogP contribution is 2.40. The molecule has 0 spiro atoms. The molecule has 0 saturated carbocycles. The Morgan fingerprint density at radius 2 is 2.03 bits per heavy atom. The zero-order chi connectivity index (χ0) is 23.4. The highest BCUT2D eigenvalue weighted by Gasteiger charge is 2.44. The quantitative estimate of drug-likeness (QED) is 0.542. The molecule has 0 aromatic heterocycles. The summed E-state index contributed by atoms with van der Waals surface area (Å²) in [5.41, 5.74) is 6.32. The van der Waals surface area contributed by atoms with Crippen molar-refractivity contribution in [2.45, 2.75) is 108 Å². The second-order valence-electron chi connectivity index (χ2n) is 10.2. The van der Waals surface area contributed by atoms with Crippen molar-refractivity contribution >= 4 is 28.7 Å². The van der Waals surface area contributed by atoms with Crippen LogP contribution in [0.5, 0.6) is 0 Å². The van der Waals surface area contributed by atoms with Crippen LogP contribution in [0.2, 0.25) is 0 Å². The Kier molecular flexibility index (Phi) is 8.66. The van der Waals surface area contributed by atoms with Crippen molar-refractivity contribution in [2.24, 2.45) is 16.6 Å². The van der Waals surface area contributed by atoms with E-state index in [1.165, 1.54) is 0 Å². The molecule has 3 rings (SSSR count). The Balaban J connectivity index is 1.48. The zero-order valence-electron chi connectivity index (χ0n) is 20.3.